The zero-order chi connectivity index (χ0) is 15.3. The van der Waals surface area contributed by atoms with Gasteiger partial charge >= 0.3 is 6.18 Å². The fourth-order valence-electron chi connectivity index (χ4n) is 2.02. The normalized spacial score (nSPS) is 11.4. The summed E-state index contributed by atoms with van der Waals surface area (Å²) in [5.41, 5.74) is 0.836. The molecule has 0 unspecified atom stereocenters. The van der Waals surface area contributed by atoms with Gasteiger partial charge in [0.25, 0.3) is 0 Å². The Balaban J connectivity index is 1.89. The summed E-state index contributed by atoms with van der Waals surface area (Å²) in [7, 11) is 0. The molecule has 0 radical (unpaired) electrons. The number of hydrogen-bond donors (Lipinski definition) is 1. The monoisotopic (exact) mass is 313 g/mol. The Kier molecular flexibility index (Phi) is 5.12. The summed E-state index contributed by atoms with van der Waals surface area (Å²) in [6.07, 6.45) is -2.71. The van der Waals surface area contributed by atoms with Crippen LogP contribution in [0.15, 0.2) is 48.5 Å². The molecule has 21 heavy (non-hydrogen) atoms. The van der Waals surface area contributed by atoms with Crippen LogP contribution in [-0.4, -0.2) is 6.54 Å². The van der Waals surface area contributed by atoms with Gasteiger partial charge in [0.1, 0.15) is 0 Å². The highest BCUT2D eigenvalue weighted by Crippen LogP contribution is 2.36. The van der Waals surface area contributed by atoms with Crippen molar-refractivity contribution in [1.82, 2.24) is 0 Å². The Morgan fingerprint density at radius 3 is 2.38 bits per heavy atom. The van der Waals surface area contributed by atoms with Crippen molar-refractivity contribution < 1.29 is 13.2 Å². The first-order chi connectivity index (χ1) is 9.97. The smallest absolute Gasteiger partial charge is 0.385 e. The number of aryl methyl sites for hydroxylation is 1. The molecule has 0 saturated carbocycles. The summed E-state index contributed by atoms with van der Waals surface area (Å²) in [5.74, 6) is 0. The largest absolute Gasteiger partial charge is 0.417 e. The molecule has 112 valence electrons. The molecular weight excluding hydrogens is 299 g/mol. The predicted molar refractivity (Wildman–Crippen MR) is 79.7 cm³/mol. The minimum absolute atomic E-state index is 0.280. The van der Waals surface area contributed by atoms with Gasteiger partial charge in [-0.1, -0.05) is 41.9 Å². The lowest BCUT2D eigenvalue weighted by Gasteiger charge is -2.12. The fourth-order valence-corrected chi connectivity index (χ4v) is 2.25. The third kappa shape index (κ3) is 4.67. The van der Waals surface area contributed by atoms with E-state index in [0.29, 0.717) is 12.2 Å². The number of nitrogens with one attached hydrogen (secondary N) is 1. The molecule has 0 heterocycles. The molecule has 1 N–H and O–H groups in total. The standard InChI is InChI=1S/C16H15ClF3N/c17-15-9-8-13(11-14(15)16(18,19)20)21-10-4-7-12-5-2-1-3-6-12/h1-3,5-6,8-9,11,21H,4,7,10H2. The van der Waals surface area contributed by atoms with Crippen LogP contribution < -0.4 is 5.32 Å². The lowest BCUT2D eigenvalue weighted by Crippen LogP contribution is -2.08. The first-order valence-corrected chi connectivity index (χ1v) is 6.99. The lowest BCUT2D eigenvalue weighted by molar-refractivity contribution is -0.137. The van der Waals surface area contributed by atoms with Gasteiger partial charge in [0.05, 0.1) is 10.6 Å². The van der Waals surface area contributed by atoms with Gasteiger partial charge in [0.15, 0.2) is 0 Å². The minimum atomic E-state index is -4.43. The Bertz CT molecular complexity index is 582. The molecule has 2 aromatic carbocycles. The van der Waals surface area contributed by atoms with E-state index in [1.807, 2.05) is 30.3 Å². The van der Waals surface area contributed by atoms with Crippen LogP contribution >= 0.6 is 11.6 Å². The molecule has 0 aliphatic carbocycles. The van der Waals surface area contributed by atoms with Crippen LogP contribution in [0, 0.1) is 0 Å². The Labute approximate surface area is 126 Å². The van der Waals surface area contributed by atoms with E-state index in [1.165, 1.54) is 11.6 Å². The summed E-state index contributed by atoms with van der Waals surface area (Å²) in [6.45, 7) is 0.605. The number of benzene rings is 2. The van der Waals surface area contributed by atoms with Crippen molar-refractivity contribution >= 4 is 17.3 Å². The van der Waals surface area contributed by atoms with Crippen LogP contribution in [0.3, 0.4) is 0 Å². The molecule has 0 aliphatic rings. The van der Waals surface area contributed by atoms with E-state index in [1.54, 1.807) is 6.07 Å². The van der Waals surface area contributed by atoms with Crippen LogP contribution in [0.5, 0.6) is 0 Å². The molecule has 0 spiro atoms. The molecule has 5 heteroatoms. The van der Waals surface area contributed by atoms with E-state index < -0.39 is 11.7 Å². The molecule has 0 atom stereocenters. The van der Waals surface area contributed by atoms with Crippen LogP contribution in [0.2, 0.25) is 5.02 Å². The van der Waals surface area contributed by atoms with Crippen LogP contribution in [0.1, 0.15) is 17.5 Å². The second kappa shape index (κ2) is 6.85. The maximum absolute atomic E-state index is 12.7. The molecule has 0 amide bonds. The van der Waals surface area contributed by atoms with Crippen LogP contribution in [0.4, 0.5) is 18.9 Å². The highest BCUT2D eigenvalue weighted by Gasteiger charge is 2.33. The highest BCUT2D eigenvalue weighted by atomic mass is 35.5. The molecule has 1 nitrogen and oxygen atoms in total. The van der Waals surface area contributed by atoms with Gasteiger partial charge in [0, 0.05) is 12.2 Å². The molecule has 2 rings (SSSR count). The second-order valence-electron chi connectivity index (χ2n) is 4.71. The van der Waals surface area contributed by atoms with Crippen molar-refractivity contribution in [3.63, 3.8) is 0 Å². The molecule has 0 aromatic heterocycles. The summed E-state index contributed by atoms with van der Waals surface area (Å²) in [5, 5.41) is 2.72. The Morgan fingerprint density at radius 2 is 1.71 bits per heavy atom. The van der Waals surface area contributed by atoms with Gasteiger partial charge < -0.3 is 5.32 Å². The second-order valence-corrected chi connectivity index (χ2v) is 5.12. The Morgan fingerprint density at radius 1 is 1.00 bits per heavy atom. The molecule has 0 saturated heterocycles. The number of rotatable bonds is 5. The van der Waals surface area contributed by atoms with Gasteiger partial charge in [0.2, 0.25) is 0 Å². The van der Waals surface area contributed by atoms with Crippen molar-refractivity contribution in [2.24, 2.45) is 0 Å². The van der Waals surface area contributed by atoms with E-state index in [-0.39, 0.29) is 5.02 Å². The number of anilines is 1. The van der Waals surface area contributed by atoms with Gasteiger partial charge in [-0.15, -0.1) is 0 Å². The minimum Gasteiger partial charge on any atom is -0.385 e. The maximum Gasteiger partial charge on any atom is 0.417 e. The predicted octanol–water partition coefficient (Wildman–Crippen LogP) is 5.40. The van der Waals surface area contributed by atoms with Crippen molar-refractivity contribution in [1.29, 1.82) is 0 Å². The topological polar surface area (TPSA) is 12.0 Å². The summed E-state index contributed by atoms with van der Waals surface area (Å²) >= 11 is 5.57. The highest BCUT2D eigenvalue weighted by molar-refractivity contribution is 6.31. The van der Waals surface area contributed by atoms with Crippen molar-refractivity contribution in [3.8, 4) is 0 Å². The van der Waals surface area contributed by atoms with E-state index in [9.17, 15) is 13.2 Å². The van der Waals surface area contributed by atoms with E-state index in [0.717, 1.165) is 18.9 Å². The SMILES string of the molecule is FC(F)(F)c1cc(NCCCc2ccccc2)ccc1Cl. The third-order valence-corrected chi connectivity index (χ3v) is 3.42. The summed E-state index contributed by atoms with van der Waals surface area (Å²) < 4.78 is 38.2. The van der Waals surface area contributed by atoms with Crippen LogP contribution in [-0.2, 0) is 12.6 Å². The van der Waals surface area contributed by atoms with E-state index in [4.69, 9.17) is 11.6 Å². The zero-order valence-electron chi connectivity index (χ0n) is 11.3. The first kappa shape index (κ1) is 15.7. The molecular formula is C16H15ClF3N. The number of alkyl halides is 3. The molecule has 2 aromatic rings. The lowest BCUT2D eigenvalue weighted by atomic mass is 10.1. The van der Waals surface area contributed by atoms with Gasteiger partial charge in [-0.3, -0.25) is 0 Å². The average Bonchev–Trinajstić information content (AvgIpc) is 2.45. The zero-order valence-corrected chi connectivity index (χ0v) is 12.0. The van der Waals surface area contributed by atoms with Crippen LogP contribution in [0.25, 0.3) is 0 Å². The molecule has 0 bridgehead atoms. The van der Waals surface area contributed by atoms with E-state index >= 15 is 0 Å². The van der Waals surface area contributed by atoms with Gasteiger partial charge in [-0.2, -0.15) is 13.2 Å². The van der Waals surface area contributed by atoms with Gasteiger partial charge in [-0.05, 0) is 36.6 Å². The molecule has 0 fully saturated rings. The van der Waals surface area contributed by atoms with Crippen molar-refractivity contribution in [2.45, 2.75) is 19.0 Å². The Hall–Kier alpha value is -1.68. The van der Waals surface area contributed by atoms with E-state index in [2.05, 4.69) is 5.32 Å². The number of hydrogen-bond acceptors (Lipinski definition) is 1. The van der Waals surface area contributed by atoms with Gasteiger partial charge in [-0.25, -0.2) is 0 Å². The first-order valence-electron chi connectivity index (χ1n) is 6.61. The van der Waals surface area contributed by atoms with Crippen molar-refractivity contribution in [3.05, 3.63) is 64.7 Å². The third-order valence-electron chi connectivity index (χ3n) is 3.09. The number of halogens is 4. The average molecular weight is 314 g/mol. The molecule has 0 aliphatic heterocycles. The summed E-state index contributed by atoms with van der Waals surface area (Å²) in [6, 6.07) is 13.8. The quantitative estimate of drug-likeness (QED) is 0.728. The van der Waals surface area contributed by atoms with Crippen molar-refractivity contribution in [2.75, 3.05) is 11.9 Å². The maximum atomic E-state index is 12.7. The summed E-state index contributed by atoms with van der Waals surface area (Å²) in [4.78, 5) is 0. The fraction of sp³-hybridized carbons (Fsp3) is 0.250.